The minimum Gasteiger partial charge on any atom is -0.380 e. The Labute approximate surface area is 88.4 Å². The van der Waals surface area contributed by atoms with E-state index in [0.29, 0.717) is 0 Å². The molecule has 0 spiro atoms. The molecule has 0 unspecified atom stereocenters. The second kappa shape index (κ2) is 10.6. The van der Waals surface area contributed by atoms with Crippen LogP contribution in [0.2, 0.25) is 0 Å². The molecule has 0 aromatic heterocycles. The second-order valence-electron chi connectivity index (χ2n) is 3.72. The Morgan fingerprint density at radius 1 is 1.21 bits per heavy atom. The quantitative estimate of drug-likeness (QED) is 0.475. The molecule has 14 heavy (non-hydrogen) atoms. The van der Waals surface area contributed by atoms with E-state index in [1.54, 1.807) is 0 Å². The third kappa shape index (κ3) is 11.5. The van der Waals surface area contributed by atoms with Gasteiger partial charge in [-0.05, 0) is 19.3 Å². The minimum atomic E-state index is 0.739. The van der Waals surface area contributed by atoms with E-state index in [0.717, 1.165) is 45.1 Å². The SMILES string of the molecule is CC#CCCNCCOCCC(C)C. The van der Waals surface area contributed by atoms with Crippen molar-refractivity contribution >= 4 is 0 Å². The van der Waals surface area contributed by atoms with Crippen molar-refractivity contribution in [2.24, 2.45) is 5.92 Å². The van der Waals surface area contributed by atoms with Gasteiger partial charge in [0.2, 0.25) is 0 Å². The molecule has 0 aromatic rings. The maximum absolute atomic E-state index is 5.45. The summed E-state index contributed by atoms with van der Waals surface area (Å²) in [4.78, 5) is 0. The summed E-state index contributed by atoms with van der Waals surface area (Å²) in [6, 6.07) is 0. The summed E-state index contributed by atoms with van der Waals surface area (Å²) in [5, 5.41) is 3.28. The first-order valence-electron chi connectivity index (χ1n) is 5.45. The van der Waals surface area contributed by atoms with Gasteiger partial charge in [0.25, 0.3) is 0 Å². The molecule has 0 bridgehead atoms. The smallest absolute Gasteiger partial charge is 0.0590 e. The van der Waals surface area contributed by atoms with Gasteiger partial charge in [0.05, 0.1) is 6.61 Å². The number of rotatable bonds is 8. The van der Waals surface area contributed by atoms with Crippen molar-refractivity contribution < 1.29 is 4.74 Å². The van der Waals surface area contributed by atoms with Gasteiger partial charge in [-0.25, -0.2) is 0 Å². The molecule has 2 nitrogen and oxygen atoms in total. The first kappa shape index (κ1) is 13.5. The van der Waals surface area contributed by atoms with Crippen LogP contribution in [-0.4, -0.2) is 26.3 Å². The normalized spacial score (nSPS) is 10.0. The van der Waals surface area contributed by atoms with E-state index in [1.165, 1.54) is 0 Å². The summed E-state index contributed by atoms with van der Waals surface area (Å²) in [6.45, 7) is 9.89. The molecule has 0 heterocycles. The largest absolute Gasteiger partial charge is 0.380 e. The summed E-state index contributed by atoms with van der Waals surface area (Å²) in [5.41, 5.74) is 0. The summed E-state index contributed by atoms with van der Waals surface area (Å²) in [7, 11) is 0. The van der Waals surface area contributed by atoms with Crippen LogP contribution in [0.15, 0.2) is 0 Å². The Morgan fingerprint density at radius 3 is 2.64 bits per heavy atom. The minimum absolute atomic E-state index is 0.739. The molecule has 0 aliphatic carbocycles. The topological polar surface area (TPSA) is 21.3 Å². The van der Waals surface area contributed by atoms with Crippen molar-refractivity contribution in [2.45, 2.75) is 33.6 Å². The van der Waals surface area contributed by atoms with Crippen molar-refractivity contribution in [3.8, 4) is 11.8 Å². The highest BCUT2D eigenvalue weighted by atomic mass is 16.5. The third-order valence-electron chi connectivity index (χ3n) is 1.87. The highest BCUT2D eigenvalue weighted by Gasteiger charge is 1.93. The third-order valence-corrected chi connectivity index (χ3v) is 1.87. The Morgan fingerprint density at radius 2 is 2.00 bits per heavy atom. The predicted molar refractivity (Wildman–Crippen MR) is 61.2 cm³/mol. The molecule has 0 amide bonds. The van der Waals surface area contributed by atoms with Gasteiger partial charge < -0.3 is 10.1 Å². The van der Waals surface area contributed by atoms with Crippen LogP contribution in [0.4, 0.5) is 0 Å². The fourth-order valence-corrected chi connectivity index (χ4v) is 0.966. The Bertz CT molecular complexity index is 167. The molecule has 0 rings (SSSR count). The van der Waals surface area contributed by atoms with E-state index >= 15 is 0 Å². The molecule has 2 heteroatoms. The van der Waals surface area contributed by atoms with Crippen LogP contribution in [-0.2, 0) is 4.74 Å². The lowest BCUT2D eigenvalue weighted by atomic mass is 10.1. The van der Waals surface area contributed by atoms with Crippen LogP contribution >= 0.6 is 0 Å². The Hall–Kier alpha value is -0.520. The van der Waals surface area contributed by atoms with Crippen LogP contribution in [0.3, 0.4) is 0 Å². The maximum atomic E-state index is 5.45. The van der Waals surface area contributed by atoms with E-state index in [9.17, 15) is 0 Å². The fraction of sp³-hybridized carbons (Fsp3) is 0.833. The van der Waals surface area contributed by atoms with Gasteiger partial charge in [0, 0.05) is 26.1 Å². The molecule has 0 atom stereocenters. The molecule has 0 aliphatic heterocycles. The average Bonchev–Trinajstić information content (AvgIpc) is 2.15. The van der Waals surface area contributed by atoms with Gasteiger partial charge in [-0.2, -0.15) is 0 Å². The second-order valence-corrected chi connectivity index (χ2v) is 3.72. The summed E-state index contributed by atoms with van der Waals surface area (Å²) >= 11 is 0. The van der Waals surface area contributed by atoms with Crippen molar-refractivity contribution in [1.82, 2.24) is 5.32 Å². The van der Waals surface area contributed by atoms with Crippen LogP contribution in [0, 0.1) is 17.8 Å². The standard InChI is InChI=1S/C12H23NO/c1-4-5-6-8-13-9-11-14-10-7-12(2)3/h12-13H,6-11H2,1-3H3. The van der Waals surface area contributed by atoms with E-state index in [4.69, 9.17) is 4.74 Å². The van der Waals surface area contributed by atoms with E-state index < -0.39 is 0 Å². The first-order chi connectivity index (χ1) is 6.77. The molecule has 82 valence electrons. The number of ether oxygens (including phenoxy) is 1. The zero-order valence-electron chi connectivity index (χ0n) is 9.73. The molecule has 1 N–H and O–H groups in total. The number of nitrogens with one attached hydrogen (secondary N) is 1. The highest BCUT2D eigenvalue weighted by molar-refractivity contribution is 4.94. The molecular weight excluding hydrogens is 174 g/mol. The van der Waals surface area contributed by atoms with Crippen molar-refractivity contribution in [2.75, 3.05) is 26.3 Å². The molecule has 0 radical (unpaired) electrons. The van der Waals surface area contributed by atoms with Crippen LogP contribution < -0.4 is 5.32 Å². The van der Waals surface area contributed by atoms with Gasteiger partial charge >= 0.3 is 0 Å². The Kier molecular flexibility index (Phi) is 10.2. The Balaban J connectivity index is 2.94. The van der Waals surface area contributed by atoms with Crippen LogP contribution in [0.25, 0.3) is 0 Å². The molecule has 0 aliphatic rings. The lowest BCUT2D eigenvalue weighted by Gasteiger charge is -2.06. The molecule has 0 saturated heterocycles. The zero-order valence-corrected chi connectivity index (χ0v) is 9.73. The highest BCUT2D eigenvalue weighted by Crippen LogP contribution is 1.97. The lowest BCUT2D eigenvalue weighted by Crippen LogP contribution is -2.20. The zero-order chi connectivity index (χ0) is 10.6. The lowest BCUT2D eigenvalue weighted by molar-refractivity contribution is 0.125. The predicted octanol–water partition coefficient (Wildman–Crippen LogP) is 2.05. The van der Waals surface area contributed by atoms with Gasteiger partial charge in [-0.15, -0.1) is 11.8 Å². The molecule has 0 saturated carbocycles. The van der Waals surface area contributed by atoms with Gasteiger partial charge in [0.1, 0.15) is 0 Å². The summed E-state index contributed by atoms with van der Waals surface area (Å²) < 4.78 is 5.45. The molecule has 0 aromatic carbocycles. The first-order valence-corrected chi connectivity index (χ1v) is 5.45. The maximum Gasteiger partial charge on any atom is 0.0590 e. The van der Waals surface area contributed by atoms with Crippen molar-refractivity contribution in [1.29, 1.82) is 0 Å². The fourth-order valence-electron chi connectivity index (χ4n) is 0.966. The average molecular weight is 197 g/mol. The van der Waals surface area contributed by atoms with E-state index in [1.807, 2.05) is 6.92 Å². The molecule has 0 fully saturated rings. The van der Waals surface area contributed by atoms with Crippen molar-refractivity contribution in [3.63, 3.8) is 0 Å². The van der Waals surface area contributed by atoms with Gasteiger partial charge in [-0.3, -0.25) is 0 Å². The van der Waals surface area contributed by atoms with Crippen molar-refractivity contribution in [3.05, 3.63) is 0 Å². The van der Waals surface area contributed by atoms with Crippen LogP contribution in [0.1, 0.15) is 33.6 Å². The monoisotopic (exact) mass is 197 g/mol. The molecular formula is C12H23NO. The number of hydrogen-bond acceptors (Lipinski definition) is 2. The van der Waals surface area contributed by atoms with E-state index in [2.05, 4.69) is 31.0 Å². The summed E-state index contributed by atoms with van der Waals surface area (Å²) in [5.74, 6) is 6.62. The van der Waals surface area contributed by atoms with E-state index in [-0.39, 0.29) is 0 Å². The van der Waals surface area contributed by atoms with Gasteiger partial charge in [0.15, 0.2) is 0 Å². The summed E-state index contributed by atoms with van der Waals surface area (Å²) in [6.07, 6.45) is 2.09. The number of hydrogen-bond donors (Lipinski definition) is 1. The van der Waals surface area contributed by atoms with Gasteiger partial charge in [-0.1, -0.05) is 13.8 Å². The van der Waals surface area contributed by atoms with Crippen LogP contribution in [0.5, 0.6) is 0 Å².